The molecule has 1 N–H and O–H groups in total. The van der Waals surface area contributed by atoms with Gasteiger partial charge < -0.3 is 10.1 Å². The normalized spacial score (nSPS) is 19.9. The number of methoxy groups -OCH3 is 1. The Morgan fingerprint density at radius 2 is 1.72 bits per heavy atom. The first kappa shape index (κ1) is 17.3. The molecule has 25 heavy (non-hydrogen) atoms. The van der Waals surface area contributed by atoms with Crippen LogP contribution >= 0.6 is 11.6 Å². The third-order valence-electron chi connectivity index (χ3n) is 4.48. The van der Waals surface area contributed by atoms with Crippen molar-refractivity contribution in [3.05, 3.63) is 64.7 Å². The van der Waals surface area contributed by atoms with Crippen molar-refractivity contribution in [3.8, 4) is 5.75 Å². The first-order chi connectivity index (χ1) is 11.9. The van der Waals surface area contributed by atoms with Gasteiger partial charge in [-0.25, -0.2) is 4.79 Å². The van der Waals surface area contributed by atoms with Gasteiger partial charge in [-0.15, -0.1) is 0 Å². The van der Waals surface area contributed by atoms with Gasteiger partial charge in [0, 0.05) is 11.6 Å². The number of urea groups is 1. The van der Waals surface area contributed by atoms with Gasteiger partial charge >= 0.3 is 6.03 Å². The van der Waals surface area contributed by atoms with E-state index >= 15 is 0 Å². The Labute approximate surface area is 151 Å². The summed E-state index contributed by atoms with van der Waals surface area (Å²) in [6.45, 7) is 2.03. The Morgan fingerprint density at radius 3 is 2.32 bits per heavy atom. The highest BCUT2D eigenvalue weighted by Gasteiger charge is 2.48. The molecule has 0 aromatic heterocycles. The van der Waals surface area contributed by atoms with Gasteiger partial charge in [0.2, 0.25) is 0 Å². The summed E-state index contributed by atoms with van der Waals surface area (Å²) in [6.07, 6.45) is 0.583. The Hall–Kier alpha value is -2.53. The molecule has 130 valence electrons. The maximum atomic E-state index is 12.8. The van der Waals surface area contributed by atoms with Crippen molar-refractivity contribution < 1.29 is 14.3 Å². The summed E-state index contributed by atoms with van der Waals surface area (Å²) in [5.41, 5.74) is 0.672. The summed E-state index contributed by atoms with van der Waals surface area (Å²) in [5.74, 6) is 0.516. The Balaban J connectivity index is 1.73. The van der Waals surface area contributed by atoms with E-state index in [-0.39, 0.29) is 11.9 Å². The Morgan fingerprint density at radius 1 is 1.08 bits per heavy atom. The molecule has 0 aliphatic carbocycles. The van der Waals surface area contributed by atoms with Gasteiger partial charge in [0.25, 0.3) is 5.91 Å². The van der Waals surface area contributed by atoms with Crippen LogP contribution in [0.1, 0.15) is 18.1 Å². The number of benzene rings is 2. The van der Waals surface area contributed by atoms with Crippen LogP contribution in [0.15, 0.2) is 48.5 Å². The Kier molecular flexibility index (Phi) is 4.68. The van der Waals surface area contributed by atoms with Crippen molar-refractivity contribution in [2.45, 2.75) is 18.9 Å². The summed E-state index contributed by atoms with van der Waals surface area (Å²) in [4.78, 5) is 26.4. The average molecular weight is 359 g/mol. The minimum Gasteiger partial charge on any atom is -0.497 e. The lowest BCUT2D eigenvalue weighted by molar-refractivity contribution is -0.131. The second-order valence-corrected chi connectivity index (χ2v) is 6.55. The monoisotopic (exact) mass is 358 g/mol. The van der Waals surface area contributed by atoms with Crippen LogP contribution in [0.25, 0.3) is 0 Å². The van der Waals surface area contributed by atoms with Gasteiger partial charge in [0.05, 0.1) is 7.11 Å². The zero-order valence-corrected chi connectivity index (χ0v) is 14.8. The summed E-state index contributed by atoms with van der Waals surface area (Å²) >= 11 is 5.91. The number of ether oxygens (including phenoxy) is 1. The van der Waals surface area contributed by atoms with E-state index in [4.69, 9.17) is 16.3 Å². The van der Waals surface area contributed by atoms with Crippen molar-refractivity contribution in [2.75, 3.05) is 13.7 Å². The number of amides is 3. The van der Waals surface area contributed by atoms with E-state index in [2.05, 4.69) is 5.32 Å². The molecule has 1 unspecified atom stereocenters. The van der Waals surface area contributed by atoms with Crippen LogP contribution in [0.5, 0.6) is 5.75 Å². The van der Waals surface area contributed by atoms with Crippen LogP contribution in [-0.4, -0.2) is 30.5 Å². The lowest BCUT2D eigenvalue weighted by Crippen LogP contribution is -2.41. The average Bonchev–Trinajstić information content (AvgIpc) is 2.84. The lowest BCUT2D eigenvalue weighted by Gasteiger charge is -2.22. The fourth-order valence-electron chi connectivity index (χ4n) is 2.91. The number of carbonyl (C=O) groups is 2. The SMILES string of the molecule is COc1ccc(CCN2C(=O)NC(C)(c3ccc(Cl)cc3)C2=O)cc1. The minimum atomic E-state index is -1.07. The van der Waals surface area contributed by atoms with Crippen LogP contribution in [0.3, 0.4) is 0 Å². The number of hydrogen-bond acceptors (Lipinski definition) is 3. The lowest BCUT2D eigenvalue weighted by atomic mass is 9.92. The summed E-state index contributed by atoms with van der Waals surface area (Å²) in [5, 5.41) is 3.38. The topological polar surface area (TPSA) is 58.6 Å². The molecule has 2 aromatic carbocycles. The first-order valence-electron chi connectivity index (χ1n) is 7.97. The Bertz CT molecular complexity index is 789. The molecule has 0 bridgehead atoms. The van der Waals surface area contributed by atoms with E-state index in [0.717, 1.165) is 11.3 Å². The second-order valence-electron chi connectivity index (χ2n) is 6.12. The standard InChI is InChI=1S/C19H19ClN2O3/c1-19(14-5-7-15(20)8-6-14)17(23)22(18(24)21-19)12-11-13-3-9-16(25-2)10-4-13/h3-10H,11-12H2,1-2H3,(H,21,24). The van der Waals surface area contributed by atoms with E-state index < -0.39 is 5.54 Å². The molecule has 1 heterocycles. The molecule has 0 saturated carbocycles. The van der Waals surface area contributed by atoms with Crippen LogP contribution < -0.4 is 10.1 Å². The van der Waals surface area contributed by atoms with E-state index in [1.54, 1.807) is 38.3 Å². The quantitative estimate of drug-likeness (QED) is 0.834. The molecule has 3 amide bonds. The van der Waals surface area contributed by atoms with Crippen LogP contribution in [0.2, 0.25) is 5.02 Å². The number of imide groups is 1. The van der Waals surface area contributed by atoms with Gasteiger partial charge in [-0.05, 0) is 48.7 Å². The van der Waals surface area contributed by atoms with Gasteiger partial charge in [-0.3, -0.25) is 9.69 Å². The molecule has 0 spiro atoms. The molecular weight excluding hydrogens is 340 g/mol. The maximum Gasteiger partial charge on any atom is 0.325 e. The highest BCUT2D eigenvalue weighted by atomic mass is 35.5. The maximum absolute atomic E-state index is 12.8. The zero-order valence-electron chi connectivity index (χ0n) is 14.1. The molecule has 1 aliphatic rings. The van der Waals surface area contributed by atoms with E-state index in [1.807, 2.05) is 24.3 Å². The molecule has 5 nitrogen and oxygen atoms in total. The van der Waals surface area contributed by atoms with Crippen LogP contribution in [-0.2, 0) is 16.8 Å². The van der Waals surface area contributed by atoms with Crippen molar-refractivity contribution >= 4 is 23.5 Å². The molecule has 2 aromatic rings. The number of nitrogens with zero attached hydrogens (tertiary/aromatic N) is 1. The molecule has 3 rings (SSSR count). The van der Waals surface area contributed by atoms with Crippen LogP contribution in [0, 0.1) is 0 Å². The molecule has 1 saturated heterocycles. The third kappa shape index (κ3) is 3.33. The van der Waals surface area contributed by atoms with Gasteiger partial charge in [0.15, 0.2) is 0 Å². The largest absolute Gasteiger partial charge is 0.497 e. The molecule has 1 atom stereocenters. The number of nitrogens with one attached hydrogen (secondary N) is 1. The summed E-state index contributed by atoms with van der Waals surface area (Å²) < 4.78 is 5.13. The first-order valence-corrected chi connectivity index (χ1v) is 8.35. The summed E-state index contributed by atoms with van der Waals surface area (Å²) in [6, 6.07) is 14.1. The van der Waals surface area contributed by atoms with Crippen molar-refractivity contribution in [3.63, 3.8) is 0 Å². The van der Waals surface area contributed by atoms with Gasteiger partial charge in [-0.1, -0.05) is 35.9 Å². The molecule has 1 aliphatic heterocycles. The van der Waals surface area contributed by atoms with Gasteiger partial charge in [0.1, 0.15) is 11.3 Å². The minimum absolute atomic E-state index is 0.256. The number of halogens is 1. The van der Waals surface area contributed by atoms with Crippen LogP contribution in [0.4, 0.5) is 4.79 Å². The second kappa shape index (κ2) is 6.76. The number of rotatable bonds is 5. The van der Waals surface area contributed by atoms with E-state index in [0.29, 0.717) is 23.6 Å². The molecule has 6 heteroatoms. The predicted molar refractivity (Wildman–Crippen MR) is 95.7 cm³/mol. The molecule has 1 fully saturated rings. The molecular formula is C19H19ClN2O3. The zero-order chi connectivity index (χ0) is 18.0. The van der Waals surface area contributed by atoms with Gasteiger partial charge in [-0.2, -0.15) is 0 Å². The highest BCUT2D eigenvalue weighted by Crippen LogP contribution is 2.29. The smallest absolute Gasteiger partial charge is 0.325 e. The predicted octanol–water partition coefficient (Wildman–Crippen LogP) is 3.36. The fourth-order valence-corrected chi connectivity index (χ4v) is 3.04. The van der Waals surface area contributed by atoms with Crippen molar-refractivity contribution in [2.24, 2.45) is 0 Å². The number of hydrogen-bond donors (Lipinski definition) is 1. The summed E-state index contributed by atoms with van der Waals surface area (Å²) in [7, 11) is 1.61. The third-order valence-corrected chi connectivity index (χ3v) is 4.73. The highest BCUT2D eigenvalue weighted by molar-refractivity contribution is 6.30. The molecule has 0 radical (unpaired) electrons. The van der Waals surface area contributed by atoms with Crippen molar-refractivity contribution in [1.29, 1.82) is 0 Å². The van der Waals surface area contributed by atoms with E-state index in [1.165, 1.54) is 4.90 Å². The van der Waals surface area contributed by atoms with Crippen molar-refractivity contribution in [1.82, 2.24) is 10.2 Å². The fraction of sp³-hybridized carbons (Fsp3) is 0.263. The number of carbonyl (C=O) groups excluding carboxylic acids is 2. The van der Waals surface area contributed by atoms with E-state index in [9.17, 15) is 9.59 Å².